The second-order valence-electron chi connectivity index (χ2n) is 9.41. The van der Waals surface area contributed by atoms with E-state index in [1.54, 1.807) is 12.1 Å². The van der Waals surface area contributed by atoms with Crippen LogP contribution in [0.15, 0.2) is 53.4 Å². The first kappa shape index (κ1) is 23.5. The molecule has 2 aromatic carbocycles. The van der Waals surface area contributed by atoms with Gasteiger partial charge in [0.1, 0.15) is 5.82 Å². The van der Waals surface area contributed by atoms with Crippen molar-refractivity contribution in [2.45, 2.75) is 57.3 Å². The van der Waals surface area contributed by atoms with Crippen molar-refractivity contribution >= 4 is 21.1 Å². The number of nitrogens with zero attached hydrogens (tertiary/aromatic N) is 4. The van der Waals surface area contributed by atoms with E-state index in [0.29, 0.717) is 37.2 Å². The Morgan fingerprint density at radius 3 is 2.50 bits per heavy atom. The molecule has 1 saturated carbocycles. The van der Waals surface area contributed by atoms with Crippen LogP contribution in [-0.4, -0.2) is 59.5 Å². The molecule has 182 valence electrons. The summed E-state index contributed by atoms with van der Waals surface area (Å²) in [4.78, 5) is 7.79. The molecule has 2 heterocycles. The first-order valence-corrected chi connectivity index (χ1v) is 13.8. The van der Waals surface area contributed by atoms with Crippen LogP contribution >= 0.6 is 0 Å². The molecule has 5 rings (SSSR count). The largest absolute Gasteiger partial charge is 0.379 e. The Labute approximate surface area is 202 Å². The van der Waals surface area contributed by atoms with Crippen LogP contribution in [0, 0.1) is 5.92 Å². The van der Waals surface area contributed by atoms with Gasteiger partial charge >= 0.3 is 0 Å². The maximum absolute atomic E-state index is 13.2. The average molecular weight is 483 g/mol. The second kappa shape index (κ2) is 9.77. The van der Waals surface area contributed by atoms with Crippen molar-refractivity contribution in [3.8, 4) is 0 Å². The molecule has 1 aliphatic carbocycles. The highest BCUT2D eigenvalue weighted by atomic mass is 32.2. The van der Waals surface area contributed by atoms with Crippen LogP contribution in [0.25, 0.3) is 11.0 Å². The van der Waals surface area contributed by atoms with Crippen LogP contribution in [0.3, 0.4) is 0 Å². The van der Waals surface area contributed by atoms with E-state index in [1.165, 1.54) is 22.7 Å². The summed E-state index contributed by atoms with van der Waals surface area (Å²) in [5, 5.41) is 0. The zero-order valence-corrected chi connectivity index (χ0v) is 20.9. The highest BCUT2D eigenvalue weighted by Gasteiger charge is 2.33. The first-order valence-electron chi connectivity index (χ1n) is 12.3. The van der Waals surface area contributed by atoms with Gasteiger partial charge in [-0.1, -0.05) is 30.3 Å². The third kappa shape index (κ3) is 4.77. The van der Waals surface area contributed by atoms with Crippen molar-refractivity contribution in [1.82, 2.24) is 18.8 Å². The zero-order valence-electron chi connectivity index (χ0n) is 20.1. The summed E-state index contributed by atoms with van der Waals surface area (Å²) in [5.41, 5.74) is 3.02. The first-order chi connectivity index (χ1) is 16.5. The number of fused-ring (bicyclic) bond motifs is 1. The van der Waals surface area contributed by atoms with E-state index in [2.05, 4.69) is 53.6 Å². The third-order valence-corrected chi connectivity index (χ3v) is 9.07. The van der Waals surface area contributed by atoms with Gasteiger partial charge in [-0.15, -0.1) is 0 Å². The number of hydrogen-bond acceptors (Lipinski definition) is 5. The lowest BCUT2D eigenvalue weighted by atomic mass is 10.1. The Kier molecular flexibility index (Phi) is 6.75. The fraction of sp³-hybridized carbons (Fsp3) is 0.500. The lowest BCUT2D eigenvalue weighted by Crippen LogP contribution is -2.40. The number of imidazole rings is 1. The van der Waals surface area contributed by atoms with Gasteiger partial charge in [0.25, 0.3) is 0 Å². The van der Waals surface area contributed by atoms with Crippen molar-refractivity contribution in [3.63, 3.8) is 0 Å². The molecule has 1 atom stereocenters. The predicted molar refractivity (Wildman–Crippen MR) is 133 cm³/mol. The number of rotatable bonds is 9. The Hall–Kier alpha value is -2.26. The summed E-state index contributed by atoms with van der Waals surface area (Å²) in [7, 11) is -3.55. The molecule has 0 bridgehead atoms. The molecule has 2 fully saturated rings. The van der Waals surface area contributed by atoms with Crippen molar-refractivity contribution in [1.29, 1.82) is 0 Å². The van der Waals surface area contributed by atoms with Crippen molar-refractivity contribution in [2.24, 2.45) is 5.92 Å². The normalized spacial score (nSPS) is 18.6. The summed E-state index contributed by atoms with van der Waals surface area (Å²) in [6.07, 6.45) is 2.58. The van der Waals surface area contributed by atoms with Gasteiger partial charge in [-0.05, 0) is 56.4 Å². The summed E-state index contributed by atoms with van der Waals surface area (Å²) in [5.74, 6) is 1.73. The van der Waals surface area contributed by atoms with E-state index in [0.717, 1.165) is 42.4 Å². The molecule has 3 aromatic rings. The fourth-order valence-corrected chi connectivity index (χ4v) is 6.38. The lowest BCUT2D eigenvalue weighted by molar-refractivity contribution is 0.0730. The Morgan fingerprint density at radius 2 is 1.82 bits per heavy atom. The molecule has 2 aliphatic rings. The zero-order chi connectivity index (χ0) is 23.7. The highest BCUT2D eigenvalue weighted by molar-refractivity contribution is 7.89. The molecule has 0 amide bonds. The van der Waals surface area contributed by atoms with Crippen LogP contribution in [0.5, 0.6) is 0 Å². The quantitative estimate of drug-likeness (QED) is 0.463. The number of sulfonamides is 1. The molecule has 8 heteroatoms. The lowest BCUT2D eigenvalue weighted by Gasteiger charge is -2.29. The molecular weight excluding hydrogens is 448 g/mol. The van der Waals surface area contributed by atoms with Gasteiger partial charge in [0.05, 0.1) is 35.7 Å². The number of aromatic nitrogens is 2. The minimum absolute atomic E-state index is 0.307. The van der Waals surface area contributed by atoms with Gasteiger partial charge in [0.2, 0.25) is 10.0 Å². The third-order valence-electron chi connectivity index (χ3n) is 7.18. The molecule has 1 aliphatic heterocycles. The van der Waals surface area contributed by atoms with E-state index in [9.17, 15) is 8.42 Å². The SMILES string of the molecule is CCn1c(CN(Cc2ccccc2)C(C)C2CC2)nc2cc(S(=O)(=O)N3CCOCC3)ccc21. The molecule has 0 radical (unpaired) electrons. The van der Waals surface area contributed by atoms with Crippen molar-refractivity contribution in [3.05, 3.63) is 59.9 Å². The van der Waals surface area contributed by atoms with Gasteiger partial charge in [0, 0.05) is 32.2 Å². The summed E-state index contributed by atoms with van der Waals surface area (Å²) >= 11 is 0. The molecule has 0 N–H and O–H groups in total. The summed E-state index contributed by atoms with van der Waals surface area (Å²) < 4.78 is 35.4. The Bertz CT molecular complexity index is 1230. The molecule has 1 unspecified atom stereocenters. The van der Waals surface area contributed by atoms with Gasteiger partial charge in [-0.2, -0.15) is 4.31 Å². The van der Waals surface area contributed by atoms with Crippen LogP contribution in [0.1, 0.15) is 38.1 Å². The van der Waals surface area contributed by atoms with E-state index in [-0.39, 0.29) is 0 Å². The van der Waals surface area contributed by atoms with E-state index in [1.807, 2.05) is 6.07 Å². The van der Waals surface area contributed by atoms with Crippen LogP contribution in [0.4, 0.5) is 0 Å². The smallest absolute Gasteiger partial charge is 0.243 e. The number of hydrogen-bond donors (Lipinski definition) is 0. The second-order valence-corrected chi connectivity index (χ2v) is 11.3. The Balaban J connectivity index is 1.46. The summed E-state index contributed by atoms with van der Waals surface area (Å²) in [6, 6.07) is 16.4. The van der Waals surface area contributed by atoms with Gasteiger partial charge in [-0.3, -0.25) is 4.90 Å². The number of ether oxygens (including phenoxy) is 1. The molecule has 0 spiro atoms. The topological polar surface area (TPSA) is 67.7 Å². The molecule has 34 heavy (non-hydrogen) atoms. The molecule has 1 aromatic heterocycles. The van der Waals surface area contributed by atoms with E-state index >= 15 is 0 Å². The van der Waals surface area contributed by atoms with E-state index < -0.39 is 10.0 Å². The number of benzene rings is 2. The maximum atomic E-state index is 13.2. The minimum atomic E-state index is -3.55. The van der Waals surface area contributed by atoms with Crippen LogP contribution in [0.2, 0.25) is 0 Å². The standard InChI is InChI=1S/C26H34N4O3S/c1-3-30-25-12-11-23(34(31,32)29-13-15-33-16-14-29)17-24(25)27-26(30)19-28(20(2)22-9-10-22)18-21-7-5-4-6-8-21/h4-8,11-12,17,20,22H,3,9-10,13-16,18-19H2,1-2H3. The minimum Gasteiger partial charge on any atom is -0.379 e. The predicted octanol–water partition coefficient (Wildman–Crippen LogP) is 3.88. The number of aryl methyl sites for hydroxylation is 1. The van der Waals surface area contributed by atoms with Gasteiger partial charge in [-0.25, -0.2) is 13.4 Å². The van der Waals surface area contributed by atoms with Gasteiger partial charge in [0.15, 0.2) is 0 Å². The Morgan fingerprint density at radius 1 is 1.09 bits per heavy atom. The van der Waals surface area contributed by atoms with Crippen LogP contribution in [-0.2, 0) is 34.4 Å². The highest BCUT2D eigenvalue weighted by Crippen LogP contribution is 2.36. The molecule has 1 saturated heterocycles. The van der Waals surface area contributed by atoms with Crippen molar-refractivity contribution < 1.29 is 13.2 Å². The summed E-state index contributed by atoms with van der Waals surface area (Å²) in [6.45, 7) is 8.51. The molecular formula is C26H34N4O3S. The number of morpholine rings is 1. The van der Waals surface area contributed by atoms with E-state index in [4.69, 9.17) is 9.72 Å². The van der Waals surface area contributed by atoms with Crippen LogP contribution < -0.4 is 0 Å². The van der Waals surface area contributed by atoms with Gasteiger partial charge < -0.3 is 9.30 Å². The molecule has 7 nitrogen and oxygen atoms in total. The fourth-order valence-electron chi connectivity index (χ4n) is 4.95. The maximum Gasteiger partial charge on any atom is 0.243 e. The van der Waals surface area contributed by atoms with Crippen molar-refractivity contribution in [2.75, 3.05) is 26.3 Å². The average Bonchev–Trinajstić information content (AvgIpc) is 3.65. The monoisotopic (exact) mass is 482 g/mol.